The molecule has 0 aromatic heterocycles. The molecule has 2 N–H and O–H groups in total. The fraction of sp³-hybridized carbons (Fsp3) is 0.562. The third-order valence-corrected chi connectivity index (χ3v) is 3.50. The normalized spacial score (nSPS) is 11.2. The molecule has 4 nitrogen and oxygen atoms in total. The van der Waals surface area contributed by atoms with Crippen LogP contribution in [-0.4, -0.2) is 42.2 Å². The summed E-state index contributed by atoms with van der Waals surface area (Å²) < 4.78 is 0. The summed E-state index contributed by atoms with van der Waals surface area (Å²) in [5.41, 5.74) is 1.37. The van der Waals surface area contributed by atoms with Crippen LogP contribution >= 0.6 is 0 Å². The molecule has 0 aliphatic heterocycles. The monoisotopic (exact) mass is 278 g/mol. The highest BCUT2D eigenvalue weighted by molar-refractivity contribution is 5.87. The van der Waals surface area contributed by atoms with Gasteiger partial charge in [-0.25, -0.2) is 4.79 Å². The number of hydrogen-bond acceptors (Lipinski definition) is 3. The molecule has 1 aromatic carbocycles. The summed E-state index contributed by atoms with van der Waals surface area (Å²) in [4.78, 5) is 13.2. The molecule has 0 aliphatic rings. The van der Waals surface area contributed by atoms with Crippen LogP contribution in [-0.2, 0) is 6.54 Å². The number of unbranched alkanes of at least 4 members (excludes halogenated alkanes) is 1. The minimum absolute atomic E-state index is 0.350. The maximum atomic E-state index is 10.9. The number of carbonyl (C=O) groups is 1. The second-order valence-corrected chi connectivity index (χ2v) is 5.46. The zero-order chi connectivity index (χ0) is 15.0. The SMILES string of the molecule is CC(C)N(C)CCCCNCc1cccc(C(=O)O)c1. The van der Waals surface area contributed by atoms with E-state index in [9.17, 15) is 4.79 Å². The predicted molar refractivity (Wildman–Crippen MR) is 82.1 cm³/mol. The lowest BCUT2D eigenvalue weighted by Crippen LogP contribution is -2.27. The molecular formula is C16H26N2O2. The van der Waals surface area contributed by atoms with Gasteiger partial charge in [-0.1, -0.05) is 12.1 Å². The van der Waals surface area contributed by atoms with Crippen molar-refractivity contribution in [3.05, 3.63) is 35.4 Å². The van der Waals surface area contributed by atoms with Gasteiger partial charge in [-0.2, -0.15) is 0 Å². The molecule has 112 valence electrons. The molecule has 0 saturated carbocycles. The summed E-state index contributed by atoms with van der Waals surface area (Å²) in [6.45, 7) is 7.21. The standard InChI is InChI=1S/C16H26N2O2/c1-13(2)18(3)10-5-4-9-17-12-14-7-6-8-15(11-14)16(19)20/h6-8,11,13,17H,4-5,9-10,12H2,1-3H3,(H,19,20). The van der Waals surface area contributed by atoms with E-state index in [4.69, 9.17) is 5.11 Å². The van der Waals surface area contributed by atoms with Crippen molar-refractivity contribution in [2.75, 3.05) is 20.1 Å². The van der Waals surface area contributed by atoms with Gasteiger partial charge >= 0.3 is 5.97 Å². The number of nitrogens with zero attached hydrogens (tertiary/aromatic N) is 1. The van der Waals surface area contributed by atoms with Gasteiger partial charge in [0.25, 0.3) is 0 Å². The minimum Gasteiger partial charge on any atom is -0.478 e. The fourth-order valence-corrected chi connectivity index (χ4v) is 1.92. The second kappa shape index (κ2) is 8.72. The van der Waals surface area contributed by atoms with Gasteiger partial charge in [0.1, 0.15) is 0 Å². The van der Waals surface area contributed by atoms with Crippen molar-refractivity contribution in [2.45, 2.75) is 39.3 Å². The van der Waals surface area contributed by atoms with E-state index < -0.39 is 5.97 Å². The van der Waals surface area contributed by atoms with Crippen molar-refractivity contribution in [3.8, 4) is 0 Å². The Morgan fingerprint density at radius 2 is 2.10 bits per heavy atom. The van der Waals surface area contributed by atoms with Crippen LogP contribution in [0.25, 0.3) is 0 Å². The first kappa shape index (κ1) is 16.7. The third kappa shape index (κ3) is 6.17. The van der Waals surface area contributed by atoms with Crippen molar-refractivity contribution in [1.29, 1.82) is 0 Å². The first-order valence-corrected chi connectivity index (χ1v) is 7.24. The molecular weight excluding hydrogens is 252 g/mol. The maximum Gasteiger partial charge on any atom is 0.335 e. The van der Waals surface area contributed by atoms with E-state index in [2.05, 4.69) is 31.1 Å². The lowest BCUT2D eigenvalue weighted by molar-refractivity contribution is 0.0696. The molecule has 0 fully saturated rings. The van der Waals surface area contributed by atoms with E-state index >= 15 is 0 Å². The van der Waals surface area contributed by atoms with Crippen LogP contribution < -0.4 is 5.32 Å². The highest BCUT2D eigenvalue weighted by Crippen LogP contribution is 2.05. The van der Waals surface area contributed by atoms with E-state index in [1.807, 2.05) is 6.07 Å². The summed E-state index contributed by atoms with van der Waals surface area (Å²) >= 11 is 0. The van der Waals surface area contributed by atoms with E-state index in [1.165, 1.54) is 6.42 Å². The first-order valence-electron chi connectivity index (χ1n) is 7.24. The van der Waals surface area contributed by atoms with Gasteiger partial charge in [-0.05, 0) is 64.5 Å². The van der Waals surface area contributed by atoms with Gasteiger partial charge in [0.15, 0.2) is 0 Å². The zero-order valence-electron chi connectivity index (χ0n) is 12.7. The van der Waals surface area contributed by atoms with Crippen molar-refractivity contribution in [1.82, 2.24) is 10.2 Å². The number of carboxylic acid groups (broad SMARTS) is 1. The first-order chi connectivity index (χ1) is 9.50. The van der Waals surface area contributed by atoms with Gasteiger partial charge in [0.2, 0.25) is 0 Å². The summed E-state index contributed by atoms with van der Waals surface area (Å²) in [7, 11) is 2.15. The van der Waals surface area contributed by atoms with Crippen LogP contribution in [0.3, 0.4) is 0 Å². The number of nitrogens with one attached hydrogen (secondary N) is 1. The molecule has 20 heavy (non-hydrogen) atoms. The van der Waals surface area contributed by atoms with Gasteiger partial charge in [0, 0.05) is 12.6 Å². The molecule has 0 aliphatic carbocycles. The quantitative estimate of drug-likeness (QED) is 0.682. The predicted octanol–water partition coefficient (Wildman–Crippen LogP) is 2.59. The van der Waals surface area contributed by atoms with Crippen molar-refractivity contribution < 1.29 is 9.90 Å². The number of rotatable bonds is 9. The Hall–Kier alpha value is -1.39. The summed E-state index contributed by atoms with van der Waals surface area (Å²) in [6, 6.07) is 7.68. The molecule has 0 unspecified atom stereocenters. The minimum atomic E-state index is -0.872. The zero-order valence-corrected chi connectivity index (χ0v) is 12.7. The second-order valence-electron chi connectivity index (χ2n) is 5.46. The van der Waals surface area contributed by atoms with E-state index in [0.29, 0.717) is 11.6 Å². The third-order valence-electron chi connectivity index (χ3n) is 3.50. The molecule has 0 spiro atoms. The van der Waals surface area contributed by atoms with Crippen molar-refractivity contribution in [2.24, 2.45) is 0 Å². The molecule has 1 rings (SSSR count). The van der Waals surface area contributed by atoms with Gasteiger partial charge < -0.3 is 15.3 Å². The van der Waals surface area contributed by atoms with Crippen LogP contribution in [0.5, 0.6) is 0 Å². The molecule has 0 heterocycles. The van der Waals surface area contributed by atoms with Crippen LogP contribution in [0.2, 0.25) is 0 Å². The summed E-state index contributed by atoms with van der Waals surface area (Å²) in [5, 5.41) is 12.3. The molecule has 0 amide bonds. The highest BCUT2D eigenvalue weighted by Gasteiger charge is 2.03. The van der Waals surface area contributed by atoms with Crippen LogP contribution in [0.1, 0.15) is 42.6 Å². The number of carboxylic acids is 1. The Kier molecular flexibility index (Phi) is 7.26. The Balaban J connectivity index is 2.18. The number of hydrogen-bond donors (Lipinski definition) is 2. The van der Waals surface area contributed by atoms with Crippen LogP contribution in [0, 0.1) is 0 Å². The molecule has 0 atom stereocenters. The Labute approximate surface area is 121 Å². The fourth-order valence-electron chi connectivity index (χ4n) is 1.92. The Morgan fingerprint density at radius 3 is 2.75 bits per heavy atom. The van der Waals surface area contributed by atoms with E-state index in [1.54, 1.807) is 18.2 Å². The maximum absolute atomic E-state index is 10.9. The van der Waals surface area contributed by atoms with Crippen molar-refractivity contribution >= 4 is 5.97 Å². The number of benzene rings is 1. The van der Waals surface area contributed by atoms with Gasteiger partial charge in [-0.15, -0.1) is 0 Å². The van der Waals surface area contributed by atoms with Crippen molar-refractivity contribution in [3.63, 3.8) is 0 Å². The molecule has 0 saturated heterocycles. The molecule has 4 heteroatoms. The van der Waals surface area contributed by atoms with Crippen LogP contribution in [0.15, 0.2) is 24.3 Å². The largest absolute Gasteiger partial charge is 0.478 e. The Morgan fingerprint density at radius 1 is 1.35 bits per heavy atom. The Bertz CT molecular complexity index is 419. The lowest BCUT2D eigenvalue weighted by Gasteiger charge is -2.20. The van der Waals surface area contributed by atoms with E-state index in [-0.39, 0.29) is 0 Å². The summed E-state index contributed by atoms with van der Waals surface area (Å²) in [5.74, 6) is -0.872. The molecule has 0 radical (unpaired) electrons. The topological polar surface area (TPSA) is 52.6 Å². The van der Waals surface area contributed by atoms with Crippen LogP contribution in [0.4, 0.5) is 0 Å². The average Bonchev–Trinajstić information content (AvgIpc) is 2.42. The highest BCUT2D eigenvalue weighted by atomic mass is 16.4. The van der Waals surface area contributed by atoms with Gasteiger partial charge in [-0.3, -0.25) is 0 Å². The number of aromatic carboxylic acids is 1. The van der Waals surface area contributed by atoms with E-state index in [0.717, 1.165) is 31.6 Å². The van der Waals surface area contributed by atoms with Gasteiger partial charge in [0.05, 0.1) is 5.56 Å². The smallest absolute Gasteiger partial charge is 0.335 e. The molecule has 1 aromatic rings. The lowest BCUT2D eigenvalue weighted by atomic mass is 10.1. The average molecular weight is 278 g/mol. The summed E-state index contributed by atoms with van der Waals surface area (Å²) in [6.07, 6.45) is 2.31. The molecule has 0 bridgehead atoms.